The van der Waals surface area contributed by atoms with Crippen LogP contribution in [0.4, 0.5) is 11.5 Å². The number of pyridine rings is 1. The first-order valence-corrected chi connectivity index (χ1v) is 11.0. The Morgan fingerprint density at radius 1 is 1.10 bits per heavy atom. The molecule has 5 rings (SSSR count). The van der Waals surface area contributed by atoms with E-state index in [0.29, 0.717) is 0 Å². The van der Waals surface area contributed by atoms with Crippen molar-refractivity contribution in [3.63, 3.8) is 0 Å². The average molecular weight is 418 g/mol. The summed E-state index contributed by atoms with van der Waals surface area (Å²) >= 11 is 1.64. The topological polar surface area (TPSA) is 71.0 Å². The zero-order valence-corrected chi connectivity index (χ0v) is 17.9. The van der Waals surface area contributed by atoms with E-state index in [4.69, 9.17) is 0 Å². The number of carbonyl (C=O) groups is 1. The number of hydrogen-bond acceptors (Lipinski definition) is 6. The molecular weight excluding hydrogens is 394 g/mol. The summed E-state index contributed by atoms with van der Waals surface area (Å²) in [6.45, 7) is 5.71. The van der Waals surface area contributed by atoms with Crippen molar-refractivity contribution in [2.45, 2.75) is 26.7 Å². The zero-order valence-electron chi connectivity index (χ0n) is 17.1. The van der Waals surface area contributed by atoms with Crippen LogP contribution in [-0.4, -0.2) is 33.9 Å². The van der Waals surface area contributed by atoms with Gasteiger partial charge in [0.05, 0.1) is 10.2 Å². The number of anilines is 2. The molecule has 0 unspecified atom stereocenters. The number of benzene rings is 1. The smallest absolute Gasteiger partial charge is 0.227 e. The first-order chi connectivity index (χ1) is 14.6. The highest BCUT2D eigenvalue weighted by atomic mass is 32.1. The van der Waals surface area contributed by atoms with Crippen molar-refractivity contribution >= 4 is 49.2 Å². The lowest BCUT2D eigenvalue weighted by Crippen LogP contribution is -2.38. The van der Waals surface area contributed by atoms with Crippen molar-refractivity contribution in [2.75, 3.05) is 23.3 Å². The molecule has 7 heteroatoms. The van der Waals surface area contributed by atoms with Gasteiger partial charge in [0.15, 0.2) is 0 Å². The van der Waals surface area contributed by atoms with E-state index in [-0.39, 0.29) is 11.8 Å². The molecule has 1 aromatic carbocycles. The predicted octanol–water partition coefficient (Wildman–Crippen LogP) is 4.71. The molecule has 152 valence electrons. The summed E-state index contributed by atoms with van der Waals surface area (Å²) in [5, 5.41) is 4.18. The quantitative estimate of drug-likeness (QED) is 0.523. The number of piperidine rings is 1. The molecule has 1 aliphatic rings. The van der Waals surface area contributed by atoms with E-state index in [1.54, 1.807) is 17.7 Å². The van der Waals surface area contributed by atoms with Crippen molar-refractivity contribution in [1.29, 1.82) is 0 Å². The van der Waals surface area contributed by atoms with Crippen LogP contribution in [0.5, 0.6) is 0 Å². The van der Waals surface area contributed by atoms with Crippen LogP contribution < -0.4 is 10.2 Å². The minimum absolute atomic E-state index is 0.0171. The maximum atomic E-state index is 12.8. The summed E-state index contributed by atoms with van der Waals surface area (Å²) < 4.78 is 1.07. The third kappa shape index (κ3) is 3.50. The van der Waals surface area contributed by atoms with E-state index in [0.717, 1.165) is 69.0 Å². The van der Waals surface area contributed by atoms with Gasteiger partial charge in [0, 0.05) is 36.3 Å². The molecule has 4 heterocycles. The highest BCUT2D eigenvalue weighted by molar-refractivity contribution is 7.25. The van der Waals surface area contributed by atoms with Gasteiger partial charge < -0.3 is 10.2 Å². The Hall–Kier alpha value is -3.06. The SMILES string of the molecule is Cc1cc(C)cc(NC(=O)C2CCN(c3ncnc4c3sc3ncccc34)CC2)c1. The second kappa shape index (κ2) is 7.65. The summed E-state index contributed by atoms with van der Waals surface area (Å²) in [5.41, 5.74) is 4.16. The summed E-state index contributed by atoms with van der Waals surface area (Å²) in [7, 11) is 0. The van der Waals surface area contributed by atoms with E-state index < -0.39 is 0 Å². The van der Waals surface area contributed by atoms with Gasteiger partial charge in [-0.05, 0) is 62.1 Å². The lowest BCUT2D eigenvalue weighted by atomic mass is 9.95. The molecule has 1 N–H and O–H groups in total. The molecule has 1 saturated heterocycles. The average Bonchev–Trinajstić information content (AvgIpc) is 3.12. The molecule has 1 fully saturated rings. The van der Waals surface area contributed by atoms with Crippen molar-refractivity contribution in [3.05, 3.63) is 54.0 Å². The molecule has 1 amide bonds. The zero-order chi connectivity index (χ0) is 20.7. The second-order valence-electron chi connectivity index (χ2n) is 7.96. The number of thiophene rings is 1. The molecule has 0 aliphatic carbocycles. The van der Waals surface area contributed by atoms with Gasteiger partial charge >= 0.3 is 0 Å². The number of rotatable bonds is 3. The van der Waals surface area contributed by atoms with Crippen LogP contribution in [0.15, 0.2) is 42.9 Å². The Balaban J connectivity index is 1.32. The summed E-state index contributed by atoms with van der Waals surface area (Å²) in [4.78, 5) is 29.6. The first-order valence-electron chi connectivity index (χ1n) is 10.2. The highest BCUT2D eigenvalue weighted by Crippen LogP contribution is 2.37. The van der Waals surface area contributed by atoms with Gasteiger partial charge in [0.2, 0.25) is 5.91 Å². The van der Waals surface area contributed by atoms with Gasteiger partial charge in [-0.25, -0.2) is 15.0 Å². The van der Waals surface area contributed by atoms with Crippen LogP contribution in [-0.2, 0) is 4.79 Å². The predicted molar refractivity (Wildman–Crippen MR) is 122 cm³/mol. The number of nitrogens with zero attached hydrogens (tertiary/aromatic N) is 4. The number of carbonyl (C=O) groups excluding carboxylic acids is 1. The largest absolute Gasteiger partial charge is 0.355 e. The Bertz CT molecular complexity index is 1220. The third-order valence-electron chi connectivity index (χ3n) is 5.66. The Morgan fingerprint density at radius 2 is 1.87 bits per heavy atom. The molecule has 0 atom stereocenters. The maximum absolute atomic E-state index is 12.8. The number of hydrogen-bond donors (Lipinski definition) is 1. The van der Waals surface area contributed by atoms with Crippen LogP contribution in [0.25, 0.3) is 20.4 Å². The molecule has 3 aromatic heterocycles. The number of nitrogens with one attached hydrogen (secondary N) is 1. The molecular formula is C23H23N5OS. The maximum Gasteiger partial charge on any atom is 0.227 e. The summed E-state index contributed by atoms with van der Waals surface area (Å²) in [6.07, 6.45) is 5.07. The Morgan fingerprint density at radius 3 is 2.63 bits per heavy atom. The molecule has 1 aliphatic heterocycles. The minimum atomic E-state index is 0.0171. The lowest BCUT2D eigenvalue weighted by Gasteiger charge is -2.32. The second-order valence-corrected chi connectivity index (χ2v) is 8.96. The molecule has 0 saturated carbocycles. The van der Waals surface area contributed by atoms with Crippen molar-refractivity contribution in [1.82, 2.24) is 15.0 Å². The Labute approximate surface area is 179 Å². The van der Waals surface area contributed by atoms with Crippen LogP contribution in [0.3, 0.4) is 0 Å². The van der Waals surface area contributed by atoms with Crippen LogP contribution in [0, 0.1) is 19.8 Å². The monoisotopic (exact) mass is 417 g/mol. The number of amides is 1. The molecule has 0 spiro atoms. The van der Waals surface area contributed by atoms with Gasteiger partial charge in [-0.15, -0.1) is 11.3 Å². The fraction of sp³-hybridized carbons (Fsp3) is 0.304. The fourth-order valence-corrected chi connectivity index (χ4v) is 5.38. The first kappa shape index (κ1) is 18.9. The van der Waals surface area contributed by atoms with Gasteiger partial charge in [0.25, 0.3) is 0 Å². The van der Waals surface area contributed by atoms with Crippen LogP contribution in [0.1, 0.15) is 24.0 Å². The van der Waals surface area contributed by atoms with Gasteiger partial charge in [-0.3, -0.25) is 4.79 Å². The number of fused-ring (bicyclic) bond motifs is 3. The fourth-order valence-electron chi connectivity index (χ4n) is 4.27. The van der Waals surface area contributed by atoms with E-state index in [9.17, 15) is 4.79 Å². The van der Waals surface area contributed by atoms with Crippen molar-refractivity contribution < 1.29 is 4.79 Å². The number of aryl methyl sites for hydroxylation is 2. The van der Waals surface area contributed by atoms with E-state index >= 15 is 0 Å². The van der Waals surface area contributed by atoms with Crippen LogP contribution >= 0.6 is 11.3 Å². The lowest BCUT2D eigenvalue weighted by molar-refractivity contribution is -0.120. The van der Waals surface area contributed by atoms with Crippen molar-refractivity contribution in [3.8, 4) is 0 Å². The van der Waals surface area contributed by atoms with E-state index in [1.807, 2.05) is 38.2 Å². The van der Waals surface area contributed by atoms with Crippen LogP contribution in [0.2, 0.25) is 0 Å². The number of aromatic nitrogens is 3. The van der Waals surface area contributed by atoms with Gasteiger partial charge in [-0.2, -0.15) is 0 Å². The third-order valence-corrected chi connectivity index (χ3v) is 6.76. The summed E-state index contributed by atoms with van der Waals surface area (Å²) in [6, 6.07) is 10.2. The normalized spacial score (nSPS) is 15.1. The van der Waals surface area contributed by atoms with Gasteiger partial charge in [-0.1, -0.05) is 6.07 Å². The molecule has 30 heavy (non-hydrogen) atoms. The molecule has 0 bridgehead atoms. The summed E-state index contributed by atoms with van der Waals surface area (Å²) in [5.74, 6) is 1.08. The minimum Gasteiger partial charge on any atom is -0.355 e. The Kier molecular flexibility index (Phi) is 4.83. The molecule has 6 nitrogen and oxygen atoms in total. The van der Waals surface area contributed by atoms with Crippen molar-refractivity contribution in [2.24, 2.45) is 5.92 Å². The van der Waals surface area contributed by atoms with Gasteiger partial charge in [0.1, 0.15) is 17.0 Å². The molecule has 0 radical (unpaired) electrons. The standard InChI is InChI=1S/C23H23N5OS/c1-14-10-15(2)12-17(11-14)27-22(29)16-5-8-28(9-6-16)21-20-19(25-13-26-21)18-4-3-7-24-23(18)30-20/h3-4,7,10-13,16H,5-6,8-9H2,1-2H3,(H,27,29). The molecule has 4 aromatic rings. The van der Waals surface area contributed by atoms with E-state index in [1.165, 1.54) is 0 Å². The highest BCUT2D eigenvalue weighted by Gasteiger charge is 2.27. The van der Waals surface area contributed by atoms with E-state index in [2.05, 4.69) is 37.3 Å².